The maximum Gasteiger partial charge on any atom is 0.261 e. The Morgan fingerprint density at radius 3 is 2.24 bits per heavy atom. The van der Waals surface area contributed by atoms with Crippen LogP contribution in [-0.4, -0.2) is 14.3 Å². The van der Waals surface area contributed by atoms with Crippen molar-refractivity contribution in [2.75, 3.05) is 10.0 Å². The summed E-state index contributed by atoms with van der Waals surface area (Å²) in [5, 5.41) is 2.99. The summed E-state index contributed by atoms with van der Waals surface area (Å²) < 4.78 is 28.6. The number of aryl methyl sites for hydroxylation is 2. The second-order valence-corrected chi connectivity index (χ2v) is 9.48. The van der Waals surface area contributed by atoms with E-state index in [1.807, 2.05) is 26.0 Å². The van der Waals surface area contributed by atoms with Crippen molar-refractivity contribution in [2.24, 2.45) is 0 Å². The Morgan fingerprint density at radius 2 is 1.59 bits per heavy atom. The third kappa shape index (κ3) is 5.18. The van der Waals surface area contributed by atoms with Crippen LogP contribution in [0.3, 0.4) is 0 Å². The molecule has 0 saturated heterocycles. The largest absolute Gasteiger partial charge is 0.322 e. The zero-order chi connectivity index (χ0) is 21.2. The molecule has 0 radical (unpaired) electrons. The molecular formula is C21H18BrClN2O3S. The highest BCUT2D eigenvalue weighted by atomic mass is 79.9. The second kappa shape index (κ2) is 8.57. The van der Waals surface area contributed by atoms with Crippen molar-refractivity contribution < 1.29 is 13.2 Å². The number of carbonyl (C=O) groups excluding carboxylic acids is 1. The third-order valence-electron chi connectivity index (χ3n) is 4.21. The molecule has 3 rings (SSSR count). The highest BCUT2D eigenvalue weighted by molar-refractivity contribution is 9.10. The normalized spacial score (nSPS) is 11.2. The summed E-state index contributed by atoms with van der Waals surface area (Å²) in [7, 11) is -3.78. The van der Waals surface area contributed by atoms with Crippen LogP contribution in [0, 0.1) is 13.8 Å². The first-order valence-corrected chi connectivity index (χ1v) is 11.3. The summed E-state index contributed by atoms with van der Waals surface area (Å²) in [4.78, 5) is 12.8. The molecule has 0 aromatic heterocycles. The lowest BCUT2D eigenvalue weighted by Gasteiger charge is -2.12. The molecule has 0 bridgehead atoms. The van der Waals surface area contributed by atoms with Crippen molar-refractivity contribution >= 4 is 54.8 Å². The Bertz CT molecular complexity index is 1180. The predicted octanol–water partition coefficient (Wildman–Crippen LogP) is 5.77. The quantitative estimate of drug-likeness (QED) is 0.473. The minimum Gasteiger partial charge on any atom is -0.322 e. The number of carbonyl (C=O) groups is 1. The molecule has 0 fully saturated rings. The molecule has 150 valence electrons. The molecular weight excluding hydrogens is 476 g/mol. The van der Waals surface area contributed by atoms with Gasteiger partial charge in [-0.25, -0.2) is 8.42 Å². The smallest absolute Gasteiger partial charge is 0.261 e. The van der Waals surface area contributed by atoms with Gasteiger partial charge in [0.2, 0.25) is 0 Å². The van der Waals surface area contributed by atoms with Gasteiger partial charge in [0.15, 0.2) is 0 Å². The van der Waals surface area contributed by atoms with Crippen LogP contribution in [0.25, 0.3) is 0 Å². The van der Waals surface area contributed by atoms with Gasteiger partial charge in [-0.2, -0.15) is 0 Å². The number of rotatable bonds is 5. The van der Waals surface area contributed by atoms with E-state index < -0.39 is 15.9 Å². The summed E-state index contributed by atoms with van der Waals surface area (Å²) in [6.07, 6.45) is 0. The fourth-order valence-corrected chi connectivity index (χ4v) is 4.11. The molecule has 0 aliphatic rings. The first kappa shape index (κ1) is 21.4. The zero-order valence-corrected chi connectivity index (χ0v) is 18.8. The summed E-state index contributed by atoms with van der Waals surface area (Å²) in [5.41, 5.74) is 2.94. The van der Waals surface area contributed by atoms with Gasteiger partial charge in [0.05, 0.1) is 15.5 Å². The van der Waals surface area contributed by atoms with E-state index in [1.54, 1.807) is 18.2 Å². The lowest BCUT2D eigenvalue weighted by Crippen LogP contribution is -2.15. The molecule has 0 heterocycles. The lowest BCUT2D eigenvalue weighted by molar-refractivity contribution is 0.102. The molecule has 0 unspecified atom stereocenters. The Kier molecular flexibility index (Phi) is 6.31. The second-order valence-electron chi connectivity index (χ2n) is 6.53. The maximum atomic E-state index is 12.7. The lowest BCUT2D eigenvalue weighted by atomic mass is 10.1. The minimum absolute atomic E-state index is 0.134. The van der Waals surface area contributed by atoms with E-state index in [9.17, 15) is 13.2 Å². The highest BCUT2D eigenvalue weighted by Crippen LogP contribution is 2.25. The molecule has 8 heteroatoms. The molecule has 3 aromatic rings. The van der Waals surface area contributed by atoms with Gasteiger partial charge < -0.3 is 5.32 Å². The van der Waals surface area contributed by atoms with E-state index in [2.05, 4.69) is 26.0 Å². The Balaban J connectivity index is 1.84. The van der Waals surface area contributed by atoms with Gasteiger partial charge in [0.25, 0.3) is 15.9 Å². The van der Waals surface area contributed by atoms with Crippen LogP contribution < -0.4 is 10.0 Å². The Morgan fingerprint density at radius 1 is 0.931 bits per heavy atom. The topological polar surface area (TPSA) is 75.3 Å². The SMILES string of the molecule is Cc1ccc(S(=O)(=O)Nc2ccc(Cl)c(C(=O)Nc3ccc(Br)c(C)c3)c2)cc1. The van der Waals surface area contributed by atoms with Crippen LogP contribution in [0.5, 0.6) is 0 Å². The zero-order valence-electron chi connectivity index (χ0n) is 15.7. The van der Waals surface area contributed by atoms with Crippen molar-refractivity contribution in [3.63, 3.8) is 0 Å². The van der Waals surface area contributed by atoms with Gasteiger partial charge in [-0.3, -0.25) is 9.52 Å². The highest BCUT2D eigenvalue weighted by Gasteiger charge is 2.17. The average Bonchev–Trinajstić information content (AvgIpc) is 2.66. The van der Waals surface area contributed by atoms with E-state index in [0.717, 1.165) is 15.6 Å². The molecule has 0 spiro atoms. The summed E-state index contributed by atoms with van der Waals surface area (Å²) in [5.74, 6) is -0.437. The van der Waals surface area contributed by atoms with Crippen LogP contribution in [0.2, 0.25) is 5.02 Å². The minimum atomic E-state index is -3.78. The maximum absolute atomic E-state index is 12.7. The molecule has 2 N–H and O–H groups in total. The van der Waals surface area contributed by atoms with E-state index in [-0.39, 0.29) is 21.2 Å². The van der Waals surface area contributed by atoms with Crippen molar-refractivity contribution in [1.82, 2.24) is 0 Å². The first-order valence-electron chi connectivity index (χ1n) is 8.62. The fourth-order valence-electron chi connectivity index (χ4n) is 2.62. The molecule has 3 aromatic carbocycles. The van der Waals surface area contributed by atoms with Crippen LogP contribution in [0.15, 0.2) is 70.0 Å². The van der Waals surface area contributed by atoms with Gasteiger partial charge >= 0.3 is 0 Å². The number of hydrogen-bond acceptors (Lipinski definition) is 3. The van der Waals surface area contributed by atoms with Crippen LogP contribution in [-0.2, 0) is 10.0 Å². The Hall–Kier alpha value is -2.35. The van der Waals surface area contributed by atoms with Gasteiger partial charge in [-0.15, -0.1) is 0 Å². The standard InChI is InChI=1S/C21H18BrClN2O3S/c1-13-3-7-17(8-4-13)29(27,28)25-16-6-10-20(23)18(12-16)21(26)24-15-5-9-19(22)14(2)11-15/h3-12,25H,1-2H3,(H,24,26). The number of anilines is 2. The van der Waals surface area contributed by atoms with Crippen LogP contribution in [0.1, 0.15) is 21.5 Å². The molecule has 0 atom stereocenters. The molecule has 0 aliphatic heterocycles. The van der Waals surface area contributed by atoms with E-state index >= 15 is 0 Å². The van der Waals surface area contributed by atoms with Crippen molar-refractivity contribution in [3.05, 3.63) is 86.8 Å². The number of amides is 1. The van der Waals surface area contributed by atoms with Gasteiger partial charge in [-0.05, 0) is 67.9 Å². The van der Waals surface area contributed by atoms with Gasteiger partial charge in [0.1, 0.15) is 0 Å². The van der Waals surface area contributed by atoms with Crippen molar-refractivity contribution in [3.8, 4) is 0 Å². The number of benzene rings is 3. The molecule has 1 amide bonds. The number of halogens is 2. The van der Waals surface area contributed by atoms with E-state index in [0.29, 0.717) is 5.69 Å². The summed E-state index contributed by atoms with van der Waals surface area (Å²) in [6.45, 7) is 3.79. The number of hydrogen-bond donors (Lipinski definition) is 2. The fraction of sp³-hybridized carbons (Fsp3) is 0.0952. The van der Waals surface area contributed by atoms with E-state index in [4.69, 9.17) is 11.6 Å². The van der Waals surface area contributed by atoms with Crippen molar-refractivity contribution in [2.45, 2.75) is 18.7 Å². The summed E-state index contributed by atoms with van der Waals surface area (Å²) in [6, 6.07) is 16.3. The van der Waals surface area contributed by atoms with Gasteiger partial charge in [0, 0.05) is 15.8 Å². The Labute approximate surface area is 183 Å². The van der Waals surface area contributed by atoms with E-state index in [1.165, 1.54) is 30.3 Å². The third-order valence-corrected chi connectivity index (χ3v) is 6.83. The average molecular weight is 494 g/mol. The van der Waals surface area contributed by atoms with Crippen LogP contribution >= 0.6 is 27.5 Å². The monoisotopic (exact) mass is 492 g/mol. The predicted molar refractivity (Wildman–Crippen MR) is 120 cm³/mol. The number of nitrogens with one attached hydrogen (secondary N) is 2. The molecule has 29 heavy (non-hydrogen) atoms. The first-order chi connectivity index (χ1) is 13.7. The summed E-state index contributed by atoms with van der Waals surface area (Å²) >= 11 is 9.59. The number of sulfonamides is 1. The molecule has 0 saturated carbocycles. The molecule has 5 nitrogen and oxygen atoms in total. The van der Waals surface area contributed by atoms with Gasteiger partial charge in [-0.1, -0.05) is 45.2 Å². The molecule has 0 aliphatic carbocycles. The van der Waals surface area contributed by atoms with Crippen LogP contribution in [0.4, 0.5) is 11.4 Å². The van der Waals surface area contributed by atoms with Crippen molar-refractivity contribution in [1.29, 1.82) is 0 Å².